The maximum absolute atomic E-state index is 5.87. The van der Waals surface area contributed by atoms with Crippen molar-refractivity contribution in [3.05, 3.63) is 59.4 Å². The summed E-state index contributed by atoms with van der Waals surface area (Å²) in [7, 11) is 1.70. The Bertz CT molecular complexity index is 784. The fraction of sp³-hybridized carbons (Fsp3) is 0.316. The molecule has 0 N–H and O–H groups in total. The lowest BCUT2D eigenvalue weighted by Crippen LogP contribution is -2.06. The maximum Gasteiger partial charge on any atom is 0.135 e. The first-order valence-corrected chi connectivity index (χ1v) is 8.47. The molecule has 0 spiro atoms. The molecule has 0 saturated heterocycles. The molecule has 0 bridgehead atoms. The summed E-state index contributed by atoms with van der Waals surface area (Å²) in [6, 6.07) is 15.7. The zero-order chi connectivity index (χ0) is 16.8. The number of fused-ring (bicyclic) bond motifs is 1. The summed E-state index contributed by atoms with van der Waals surface area (Å²) in [6.45, 7) is 2.12. The van der Waals surface area contributed by atoms with Crippen LogP contribution in [0, 0.1) is 0 Å². The largest absolute Gasteiger partial charge is 0.494 e. The first-order chi connectivity index (χ1) is 11.8. The Kier molecular flexibility index (Phi) is 5.72. The van der Waals surface area contributed by atoms with Crippen LogP contribution in [0.25, 0.3) is 11.0 Å². The van der Waals surface area contributed by atoms with Gasteiger partial charge in [-0.25, -0.2) is 4.98 Å². The van der Waals surface area contributed by atoms with Crippen LogP contribution in [0.2, 0.25) is 5.02 Å². The van der Waals surface area contributed by atoms with Crippen LogP contribution < -0.4 is 4.74 Å². The molecule has 0 saturated carbocycles. The Hall–Kier alpha value is -2.04. The van der Waals surface area contributed by atoms with Crippen molar-refractivity contribution in [3.8, 4) is 5.75 Å². The molecule has 24 heavy (non-hydrogen) atoms. The predicted octanol–water partition coefficient (Wildman–Crippen LogP) is 4.70. The van der Waals surface area contributed by atoms with E-state index in [0.29, 0.717) is 13.2 Å². The molecule has 1 heterocycles. The van der Waals surface area contributed by atoms with Crippen molar-refractivity contribution in [2.24, 2.45) is 0 Å². The molecule has 0 aliphatic carbocycles. The van der Waals surface area contributed by atoms with E-state index in [0.717, 1.165) is 47.0 Å². The summed E-state index contributed by atoms with van der Waals surface area (Å²) in [6.07, 6.45) is 1.99. The van der Waals surface area contributed by atoms with Crippen LogP contribution in [0.1, 0.15) is 18.7 Å². The number of para-hydroxylation sites is 2. The molecule has 0 radical (unpaired) electrons. The zero-order valence-electron chi connectivity index (χ0n) is 13.7. The molecule has 126 valence electrons. The van der Waals surface area contributed by atoms with Crippen molar-refractivity contribution in [1.82, 2.24) is 9.55 Å². The molecule has 0 fully saturated rings. The first-order valence-electron chi connectivity index (χ1n) is 8.09. The number of unbranched alkanes of at least 4 members (excludes halogenated alkanes) is 1. The lowest BCUT2D eigenvalue weighted by molar-refractivity contribution is 0.174. The van der Waals surface area contributed by atoms with Gasteiger partial charge in [-0.3, -0.25) is 0 Å². The average molecular weight is 345 g/mol. The van der Waals surface area contributed by atoms with Crippen molar-refractivity contribution in [3.63, 3.8) is 0 Å². The third kappa shape index (κ3) is 4.08. The highest BCUT2D eigenvalue weighted by Gasteiger charge is 2.09. The normalized spacial score (nSPS) is 11.1. The van der Waals surface area contributed by atoms with E-state index in [2.05, 4.69) is 15.6 Å². The van der Waals surface area contributed by atoms with E-state index < -0.39 is 0 Å². The molecule has 3 aromatic rings. The number of ether oxygens (including phenoxy) is 2. The van der Waals surface area contributed by atoms with Crippen molar-refractivity contribution < 1.29 is 9.47 Å². The number of hydrogen-bond acceptors (Lipinski definition) is 3. The molecule has 0 atom stereocenters. The van der Waals surface area contributed by atoms with Crippen molar-refractivity contribution in [1.29, 1.82) is 0 Å². The van der Waals surface area contributed by atoms with Gasteiger partial charge >= 0.3 is 0 Å². The molecule has 0 aliphatic rings. The minimum absolute atomic E-state index is 0.524. The summed E-state index contributed by atoms with van der Waals surface area (Å²) in [5, 5.41) is 0.722. The van der Waals surface area contributed by atoms with Gasteiger partial charge in [0.15, 0.2) is 0 Å². The minimum Gasteiger partial charge on any atom is -0.494 e. The van der Waals surface area contributed by atoms with E-state index in [1.165, 1.54) is 0 Å². The van der Waals surface area contributed by atoms with Gasteiger partial charge in [-0.2, -0.15) is 0 Å². The maximum atomic E-state index is 5.87. The topological polar surface area (TPSA) is 36.3 Å². The van der Waals surface area contributed by atoms with Crippen LogP contribution in [-0.4, -0.2) is 23.3 Å². The van der Waals surface area contributed by atoms with Crippen molar-refractivity contribution in [2.75, 3.05) is 13.7 Å². The van der Waals surface area contributed by atoms with Gasteiger partial charge in [0, 0.05) is 18.7 Å². The number of imidazole rings is 1. The quantitative estimate of drug-likeness (QED) is 0.556. The summed E-state index contributed by atoms with van der Waals surface area (Å²) in [4.78, 5) is 4.65. The number of nitrogens with zero attached hydrogens (tertiary/aromatic N) is 2. The number of hydrogen-bond donors (Lipinski definition) is 0. The van der Waals surface area contributed by atoms with E-state index in [9.17, 15) is 0 Å². The Morgan fingerprint density at radius 2 is 1.83 bits per heavy atom. The van der Waals surface area contributed by atoms with Crippen molar-refractivity contribution >= 4 is 22.6 Å². The third-order valence-corrected chi connectivity index (χ3v) is 4.12. The Morgan fingerprint density at radius 3 is 2.62 bits per heavy atom. The van der Waals surface area contributed by atoms with Gasteiger partial charge < -0.3 is 14.0 Å². The van der Waals surface area contributed by atoms with Gasteiger partial charge in [-0.05, 0) is 49.2 Å². The van der Waals surface area contributed by atoms with E-state index in [-0.39, 0.29) is 0 Å². The van der Waals surface area contributed by atoms with Gasteiger partial charge in [-0.15, -0.1) is 0 Å². The lowest BCUT2D eigenvalue weighted by atomic mass is 10.3. The van der Waals surface area contributed by atoms with Crippen molar-refractivity contribution in [2.45, 2.75) is 26.0 Å². The number of benzene rings is 2. The molecule has 1 aromatic heterocycles. The number of halogens is 1. The van der Waals surface area contributed by atoms with E-state index >= 15 is 0 Å². The van der Waals surface area contributed by atoms with Gasteiger partial charge in [0.05, 0.1) is 17.6 Å². The molecule has 4 nitrogen and oxygen atoms in total. The van der Waals surface area contributed by atoms with Gasteiger partial charge in [0.25, 0.3) is 0 Å². The first kappa shape index (κ1) is 16.8. The fourth-order valence-corrected chi connectivity index (χ4v) is 2.83. The summed E-state index contributed by atoms with van der Waals surface area (Å²) in [5.41, 5.74) is 2.17. The number of aryl methyl sites for hydroxylation is 1. The molecule has 3 rings (SSSR count). The Balaban J connectivity index is 1.55. The molecule has 5 heteroatoms. The molecule has 0 amide bonds. The van der Waals surface area contributed by atoms with Gasteiger partial charge in [0.1, 0.15) is 18.2 Å². The number of methoxy groups -OCH3 is 1. The fourth-order valence-electron chi connectivity index (χ4n) is 2.71. The second-order valence-corrected chi connectivity index (χ2v) is 6.05. The Labute approximate surface area is 147 Å². The molecule has 0 unspecified atom stereocenters. The summed E-state index contributed by atoms with van der Waals surface area (Å²) < 4.78 is 13.2. The zero-order valence-corrected chi connectivity index (χ0v) is 14.5. The highest BCUT2D eigenvalue weighted by atomic mass is 35.5. The molecule has 2 aromatic carbocycles. The second kappa shape index (κ2) is 8.18. The molecule has 0 aliphatic heterocycles. The third-order valence-electron chi connectivity index (χ3n) is 3.87. The predicted molar refractivity (Wildman–Crippen MR) is 96.6 cm³/mol. The number of aromatic nitrogens is 2. The van der Waals surface area contributed by atoms with Gasteiger partial charge in [0.2, 0.25) is 0 Å². The van der Waals surface area contributed by atoms with E-state index in [1.54, 1.807) is 7.11 Å². The standard InChI is InChI=1S/C19H21ClN2O2/c1-23-14-19-21-17-6-2-3-7-18(17)22(19)12-4-5-13-24-16-10-8-15(20)9-11-16/h2-3,6-11H,4-5,12-14H2,1H3. The summed E-state index contributed by atoms with van der Waals surface area (Å²) >= 11 is 5.87. The van der Waals surface area contributed by atoms with Gasteiger partial charge in [-0.1, -0.05) is 23.7 Å². The van der Waals surface area contributed by atoms with Crippen LogP contribution in [0.5, 0.6) is 5.75 Å². The Morgan fingerprint density at radius 1 is 1.04 bits per heavy atom. The molecular formula is C19H21ClN2O2. The summed E-state index contributed by atoms with van der Waals surface area (Å²) in [5.74, 6) is 1.82. The monoisotopic (exact) mass is 344 g/mol. The lowest BCUT2D eigenvalue weighted by Gasteiger charge is -2.10. The van der Waals surface area contributed by atoms with Crippen LogP contribution in [0.4, 0.5) is 0 Å². The van der Waals surface area contributed by atoms with Crippen LogP contribution in [-0.2, 0) is 17.9 Å². The minimum atomic E-state index is 0.524. The molecular weight excluding hydrogens is 324 g/mol. The highest BCUT2D eigenvalue weighted by molar-refractivity contribution is 6.30. The average Bonchev–Trinajstić information content (AvgIpc) is 2.94. The number of rotatable bonds is 8. The second-order valence-electron chi connectivity index (χ2n) is 5.61. The smallest absolute Gasteiger partial charge is 0.135 e. The van der Waals surface area contributed by atoms with E-state index in [4.69, 9.17) is 21.1 Å². The van der Waals surface area contributed by atoms with E-state index in [1.807, 2.05) is 42.5 Å². The van der Waals surface area contributed by atoms with Crippen LogP contribution in [0.15, 0.2) is 48.5 Å². The van der Waals surface area contributed by atoms with Crippen LogP contribution in [0.3, 0.4) is 0 Å². The van der Waals surface area contributed by atoms with Crippen LogP contribution >= 0.6 is 11.6 Å². The SMILES string of the molecule is COCc1nc2ccccc2n1CCCCOc1ccc(Cl)cc1. The highest BCUT2D eigenvalue weighted by Crippen LogP contribution is 2.18.